The predicted octanol–water partition coefficient (Wildman–Crippen LogP) is -1.08. The molecule has 1 heterocycles. The summed E-state index contributed by atoms with van der Waals surface area (Å²) in [6.45, 7) is 2.60. The molecule has 0 aromatic carbocycles. The van der Waals surface area contributed by atoms with E-state index in [0.717, 1.165) is 13.1 Å². The van der Waals surface area contributed by atoms with E-state index in [4.69, 9.17) is 5.11 Å². The zero-order valence-corrected chi connectivity index (χ0v) is 12.9. The van der Waals surface area contributed by atoms with Crippen LogP contribution < -0.4 is 16.0 Å². The summed E-state index contributed by atoms with van der Waals surface area (Å²) in [7, 11) is 0. The zero-order chi connectivity index (χ0) is 15.7. The molecule has 0 aromatic rings. The Morgan fingerprint density at radius 2 is 2.00 bits per heavy atom. The summed E-state index contributed by atoms with van der Waals surface area (Å²) in [6, 6.07) is -1.57. The van der Waals surface area contributed by atoms with Crippen molar-refractivity contribution in [2.24, 2.45) is 0 Å². The Kier molecular flexibility index (Phi) is 7.91. The van der Waals surface area contributed by atoms with Crippen molar-refractivity contribution in [3.05, 3.63) is 0 Å². The van der Waals surface area contributed by atoms with Gasteiger partial charge in [0.15, 0.2) is 0 Å². The molecule has 1 fully saturated rings. The van der Waals surface area contributed by atoms with Crippen molar-refractivity contribution in [1.29, 1.82) is 0 Å². The molecule has 1 saturated heterocycles. The smallest absolute Gasteiger partial charge is 0.326 e. The predicted molar refractivity (Wildman–Crippen MR) is 80.4 cm³/mol. The topological polar surface area (TPSA) is 111 Å². The Balaban J connectivity index is 2.31. The first-order valence-corrected chi connectivity index (χ1v) is 8.18. The van der Waals surface area contributed by atoms with E-state index < -0.39 is 18.0 Å². The highest BCUT2D eigenvalue weighted by atomic mass is 32.2. The molecule has 120 valence electrons. The minimum atomic E-state index is -1.08. The minimum absolute atomic E-state index is 0.124. The fourth-order valence-corrected chi connectivity index (χ4v) is 2.36. The van der Waals surface area contributed by atoms with Crippen LogP contribution in [0.1, 0.15) is 6.42 Å². The third kappa shape index (κ3) is 6.67. The first kappa shape index (κ1) is 17.6. The summed E-state index contributed by atoms with van der Waals surface area (Å²) in [6.07, 6.45) is 2.21. The number of hydrogen-bond donors (Lipinski definition) is 4. The first-order valence-electron chi connectivity index (χ1n) is 6.79. The van der Waals surface area contributed by atoms with Gasteiger partial charge in [0.1, 0.15) is 6.04 Å². The number of carboxylic acids is 1. The number of nitrogens with one attached hydrogen (secondary N) is 3. The highest BCUT2D eigenvalue weighted by molar-refractivity contribution is 7.98. The number of hydrogen-bond acceptors (Lipinski definition) is 5. The maximum atomic E-state index is 11.8. The van der Waals surface area contributed by atoms with Gasteiger partial charge in [-0.1, -0.05) is 0 Å². The molecule has 3 amide bonds. The van der Waals surface area contributed by atoms with Crippen LogP contribution >= 0.6 is 11.8 Å². The SMILES string of the molecule is CSCC[C@H](NC(=O)NCC(=O)N1CCNCC1)C(=O)O. The molecule has 0 spiro atoms. The highest BCUT2D eigenvalue weighted by Gasteiger charge is 2.21. The van der Waals surface area contributed by atoms with Gasteiger partial charge in [0, 0.05) is 26.2 Å². The summed E-state index contributed by atoms with van der Waals surface area (Å²) in [4.78, 5) is 36.1. The van der Waals surface area contributed by atoms with Crippen LogP contribution in [0.15, 0.2) is 0 Å². The van der Waals surface area contributed by atoms with Gasteiger partial charge in [0.05, 0.1) is 6.54 Å². The molecule has 1 aliphatic heterocycles. The molecule has 8 nitrogen and oxygen atoms in total. The van der Waals surface area contributed by atoms with Crippen LogP contribution in [0.5, 0.6) is 0 Å². The third-order valence-corrected chi connectivity index (χ3v) is 3.73. The average molecular weight is 318 g/mol. The molecule has 1 rings (SSSR count). The highest BCUT2D eigenvalue weighted by Crippen LogP contribution is 2.01. The number of amides is 3. The lowest BCUT2D eigenvalue weighted by molar-refractivity contribution is -0.139. The molecule has 0 unspecified atom stereocenters. The van der Waals surface area contributed by atoms with Crippen molar-refractivity contribution in [3.63, 3.8) is 0 Å². The molecule has 1 atom stereocenters. The number of carbonyl (C=O) groups excluding carboxylic acids is 2. The lowest BCUT2D eigenvalue weighted by Gasteiger charge is -2.27. The quantitative estimate of drug-likeness (QED) is 0.475. The Morgan fingerprint density at radius 3 is 2.57 bits per heavy atom. The summed E-state index contributed by atoms with van der Waals surface area (Å²) in [5.74, 6) is -0.605. The van der Waals surface area contributed by atoms with E-state index in [9.17, 15) is 14.4 Å². The minimum Gasteiger partial charge on any atom is -0.480 e. The second-order valence-electron chi connectivity index (χ2n) is 4.63. The van der Waals surface area contributed by atoms with E-state index in [1.807, 2.05) is 6.26 Å². The van der Waals surface area contributed by atoms with Gasteiger partial charge in [-0.15, -0.1) is 0 Å². The van der Waals surface area contributed by atoms with Gasteiger partial charge in [0.2, 0.25) is 5.91 Å². The number of rotatable bonds is 7. The van der Waals surface area contributed by atoms with E-state index in [-0.39, 0.29) is 12.5 Å². The molecule has 4 N–H and O–H groups in total. The Labute approximate surface area is 128 Å². The summed E-state index contributed by atoms with van der Waals surface area (Å²) in [5, 5.41) is 16.9. The lowest BCUT2D eigenvalue weighted by Crippen LogP contribution is -2.52. The van der Waals surface area contributed by atoms with Crippen LogP contribution in [0.25, 0.3) is 0 Å². The van der Waals surface area contributed by atoms with Crippen molar-refractivity contribution < 1.29 is 19.5 Å². The molecule has 9 heteroatoms. The maximum Gasteiger partial charge on any atom is 0.326 e. The number of thioether (sulfide) groups is 1. The van der Waals surface area contributed by atoms with Gasteiger partial charge in [-0.2, -0.15) is 11.8 Å². The molecule has 0 bridgehead atoms. The second-order valence-corrected chi connectivity index (χ2v) is 5.62. The molecule has 0 aromatic heterocycles. The zero-order valence-electron chi connectivity index (χ0n) is 12.1. The van der Waals surface area contributed by atoms with Crippen molar-refractivity contribution in [1.82, 2.24) is 20.9 Å². The molecular formula is C12H22N4O4S. The van der Waals surface area contributed by atoms with Gasteiger partial charge in [-0.25, -0.2) is 9.59 Å². The van der Waals surface area contributed by atoms with E-state index >= 15 is 0 Å². The molecule has 0 radical (unpaired) electrons. The molecule has 21 heavy (non-hydrogen) atoms. The van der Waals surface area contributed by atoms with E-state index in [2.05, 4.69) is 16.0 Å². The summed E-state index contributed by atoms with van der Waals surface area (Å²) >= 11 is 1.51. The van der Waals surface area contributed by atoms with E-state index in [1.165, 1.54) is 11.8 Å². The van der Waals surface area contributed by atoms with Crippen LogP contribution in [-0.4, -0.2) is 78.7 Å². The third-order valence-electron chi connectivity index (χ3n) is 3.08. The van der Waals surface area contributed by atoms with Crippen LogP contribution in [0.3, 0.4) is 0 Å². The van der Waals surface area contributed by atoms with Crippen LogP contribution in [-0.2, 0) is 9.59 Å². The van der Waals surface area contributed by atoms with Gasteiger partial charge in [0.25, 0.3) is 0 Å². The Morgan fingerprint density at radius 1 is 1.33 bits per heavy atom. The van der Waals surface area contributed by atoms with Gasteiger partial charge in [-0.3, -0.25) is 4.79 Å². The normalized spacial score (nSPS) is 16.1. The van der Waals surface area contributed by atoms with Crippen molar-refractivity contribution >= 4 is 29.7 Å². The number of aliphatic carboxylic acids is 1. The van der Waals surface area contributed by atoms with Crippen molar-refractivity contribution in [3.8, 4) is 0 Å². The number of carbonyl (C=O) groups is 3. The van der Waals surface area contributed by atoms with Crippen molar-refractivity contribution in [2.75, 3.05) is 44.7 Å². The van der Waals surface area contributed by atoms with Gasteiger partial charge < -0.3 is 26.0 Å². The van der Waals surface area contributed by atoms with Gasteiger partial charge >= 0.3 is 12.0 Å². The molecular weight excluding hydrogens is 296 g/mol. The van der Waals surface area contributed by atoms with E-state index in [0.29, 0.717) is 25.3 Å². The maximum absolute atomic E-state index is 11.8. The van der Waals surface area contributed by atoms with E-state index in [1.54, 1.807) is 4.90 Å². The first-order chi connectivity index (χ1) is 10.0. The second kappa shape index (κ2) is 9.46. The molecule has 1 aliphatic rings. The monoisotopic (exact) mass is 318 g/mol. The number of nitrogens with zero attached hydrogens (tertiary/aromatic N) is 1. The number of urea groups is 1. The van der Waals surface area contributed by atoms with Crippen molar-refractivity contribution in [2.45, 2.75) is 12.5 Å². The fourth-order valence-electron chi connectivity index (χ4n) is 1.88. The van der Waals surface area contributed by atoms with Crippen LogP contribution in [0.4, 0.5) is 4.79 Å². The van der Waals surface area contributed by atoms with Gasteiger partial charge in [-0.05, 0) is 18.4 Å². The summed E-state index contributed by atoms with van der Waals surface area (Å²) < 4.78 is 0. The standard InChI is InChI=1S/C12H22N4O4S/c1-21-7-2-9(11(18)19)15-12(20)14-8-10(17)16-5-3-13-4-6-16/h9,13H,2-8H2,1H3,(H,18,19)(H2,14,15,20)/t9-/m0/s1. The lowest BCUT2D eigenvalue weighted by atomic mass is 10.2. The van der Waals surface area contributed by atoms with Crippen LogP contribution in [0.2, 0.25) is 0 Å². The average Bonchev–Trinajstić information content (AvgIpc) is 2.49. The Bertz CT molecular complexity index is 374. The number of piperazine rings is 1. The number of carboxylic acid groups (broad SMARTS) is 1. The summed E-state index contributed by atoms with van der Waals surface area (Å²) in [5.41, 5.74) is 0. The Hall–Kier alpha value is -1.48. The van der Waals surface area contributed by atoms with Crippen LogP contribution in [0, 0.1) is 0 Å². The largest absolute Gasteiger partial charge is 0.480 e. The molecule has 0 saturated carbocycles. The fraction of sp³-hybridized carbons (Fsp3) is 0.750. The molecule has 0 aliphatic carbocycles.